The van der Waals surface area contributed by atoms with Crippen LogP contribution < -0.4 is 10.5 Å². The van der Waals surface area contributed by atoms with Crippen LogP contribution in [-0.2, 0) is 0 Å². The van der Waals surface area contributed by atoms with Crippen LogP contribution in [0.25, 0.3) is 16.6 Å². The van der Waals surface area contributed by atoms with Crippen LogP contribution in [0.3, 0.4) is 0 Å². The third-order valence-electron chi connectivity index (χ3n) is 3.20. The summed E-state index contributed by atoms with van der Waals surface area (Å²) in [5, 5.41) is 5.23. The second-order valence-electron chi connectivity index (χ2n) is 4.59. The largest absolute Gasteiger partial charge is 0.494 e. The van der Waals surface area contributed by atoms with Crippen molar-refractivity contribution in [3.63, 3.8) is 0 Å². The molecule has 0 aliphatic carbocycles. The van der Waals surface area contributed by atoms with Crippen molar-refractivity contribution >= 4 is 34.1 Å². The maximum absolute atomic E-state index is 5.96. The van der Waals surface area contributed by atoms with Gasteiger partial charge in [0.25, 0.3) is 0 Å². The van der Waals surface area contributed by atoms with E-state index in [0.29, 0.717) is 28.6 Å². The number of hydrogen-bond acceptors (Lipinski definition) is 5. The molecular weight excluding hydrogens is 278 g/mol. The Morgan fingerprint density at radius 2 is 2.20 bits per heavy atom. The van der Waals surface area contributed by atoms with E-state index in [2.05, 4.69) is 15.1 Å². The Balaban J connectivity index is 2.38. The molecule has 1 unspecified atom stereocenters. The van der Waals surface area contributed by atoms with Gasteiger partial charge in [-0.1, -0.05) is 13.0 Å². The molecule has 1 atom stereocenters. The van der Waals surface area contributed by atoms with Gasteiger partial charge < -0.3 is 10.5 Å². The molecule has 3 rings (SSSR count). The zero-order chi connectivity index (χ0) is 14.3. The van der Waals surface area contributed by atoms with E-state index in [-0.39, 0.29) is 11.9 Å². The number of rotatable bonds is 3. The molecule has 0 radical (unpaired) electrons. The molecule has 3 aromatic rings. The molecule has 104 valence electrons. The first-order valence-corrected chi connectivity index (χ1v) is 6.74. The lowest BCUT2D eigenvalue weighted by Crippen LogP contribution is -2.04. The van der Waals surface area contributed by atoms with Crippen molar-refractivity contribution in [1.29, 1.82) is 0 Å². The van der Waals surface area contributed by atoms with Gasteiger partial charge in [0.2, 0.25) is 5.95 Å². The van der Waals surface area contributed by atoms with Crippen molar-refractivity contribution in [1.82, 2.24) is 19.6 Å². The standard InChI is InChI=1S/C13H14ClN5O/c1-7(6-14)11-17-12-8-4-3-5-9(20-2)10(8)16-13(15)19(12)18-11/h3-5,7H,6H2,1-2H3,(H2,15,16). The highest BCUT2D eigenvalue weighted by Gasteiger charge is 2.16. The van der Waals surface area contributed by atoms with Crippen molar-refractivity contribution in [2.75, 3.05) is 18.7 Å². The Morgan fingerprint density at radius 1 is 1.40 bits per heavy atom. The molecule has 7 heteroatoms. The SMILES string of the molecule is COc1cccc2c1nc(N)n1nc(C(C)CCl)nc21. The van der Waals surface area contributed by atoms with E-state index in [0.717, 1.165) is 5.39 Å². The summed E-state index contributed by atoms with van der Waals surface area (Å²) in [6.07, 6.45) is 0. The first-order chi connectivity index (χ1) is 9.65. The molecule has 1 aromatic carbocycles. The van der Waals surface area contributed by atoms with E-state index in [1.807, 2.05) is 25.1 Å². The van der Waals surface area contributed by atoms with Crippen LogP contribution in [0.1, 0.15) is 18.7 Å². The van der Waals surface area contributed by atoms with Crippen molar-refractivity contribution in [3.05, 3.63) is 24.0 Å². The number of nitrogens with zero attached hydrogens (tertiary/aromatic N) is 4. The van der Waals surface area contributed by atoms with Crippen LogP contribution in [0.2, 0.25) is 0 Å². The third kappa shape index (κ3) is 1.84. The van der Waals surface area contributed by atoms with Gasteiger partial charge >= 0.3 is 0 Å². The molecule has 6 nitrogen and oxygen atoms in total. The summed E-state index contributed by atoms with van der Waals surface area (Å²) in [7, 11) is 1.60. The summed E-state index contributed by atoms with van der Waals surface area (Å²) >= 11 is 5.86. The number of nitrogens with two attached hydrogens (primary N) is 1. The van der Waals surface area contributed by atoms with Gasteiger partial charge in [0, 0.05) is 17.2 Å². The molecule has 0 spiro atoms. The van der Waals surface area contributed by atoms with Gasteiger partial charge in [-0.05, 0) is 12.1 Å². The molecule has 0 bridgehead atoms. The van der Waals surface area contributed by atoms with Gasteiger partial charge in [0.15, 0.2) is 11.5 Å². The molecule has 0 aliphatic heterocycles. The van der Waals surface area contributed by atoms with Gasteiger partial charge in [-0.3, -0.25) is 0 Å². The molecule has 20 heavy (non-hydrogen) atoms. The van der Waals surface area contributed by atoms with Crippen LogP contribution in [0.15, 0.2) is 18.2 Å². The van der Waals surface area contributed by atoms with Crippen LogP contribution in [0, 0.1) is 0 Å². The van der Waals surface area contributed by atoms with Crippen LogP contribution >= 0.6 is 11.6 Å². The van der Waals surface area contributed by atoms with Gasteiger partial charge in [0.05, 0.1) is 7.11 Å². The second-order valence-corrected chi connectivity index (χ2v) is 4.90. The second kappa shape index (κ2) is 4.79. The fourth-order valence-corrected chi connectivity index (χ4v) is 2.22. The van der Waals surface area contributed by atoms with E-state index in [1.54, 1.807) is 11.6 Å². The van der Waals surface area contributed by atoms with E-state index in [1.165, 1.54) is 0 Å². The van der Waals surface area contributed by atoms with E-state index in [9.17, 15) is 0 Å². The number of para-hydroxylation sites is 1. The summed E-state index contributed by atoms with van der Waals surface area (Å²) in [4.78, 5) is 8.89. The number of methoxy groups -OCH3 is 1. The predicted octanol–water partition coefficient (Wildman–Crippen LogP) is 2.21. The highest BCUT2D eigenvalue weighted by molar-refractivity contribution is 6.18. The zero-order valence-corrected chi connectivity index (χ0v) is 11.9. The number of nitrogen functional groups attached to an aromatic ring is 1. The molecular formula is C13H14ClN5O. The maximum atomic E-state index is 5.96. The maximum Gasteiger partial charge on any atom is 0.223 e. The van der Waals surface area contributed by atoms with Crippen molar-refractivity contribution < 1.29 is 4.74 Å². The van der Waals surface area contributed by atoms with E-state index in [4.69, 9.17) is 22.1 Å². The van der Waals surface area contributed by atoms with Crippen molar-refractivity contribution in [3.8, 4) is 5.75 Å². The Hall–Kier alpha value is -2.08. The van der Waals surface area contributed by atoms with Crippen LogP contribution in [0.4, 0.5) is 5.95 Å². The lowest BCUT2D eigenvalue weighted by molar-refractivity contribution is 0.419. The first-order valence-electron chi connectivity index (χ1n) is 6.20. The van der Waals surface area contributed by atoms with Crippen LogP contribution in [0.5, 0.6) is 5.75 Å². The van der Waals surface area contributed by atoms with Crippen molar-refractivity contribution in [2.24, 2.45) is 0 Å². The fraction of sp³-hybridized carbons (Fsp3) is 0.308. The Bertz CT molecular complexity index is 785. The lowest BCUT2D eigenvalue weighted by Gasteiger charge is -2.06. The lowest BCUT2D eigenvalue weighted by atomic mass is 10.2. The summed E-state index contributed by atoms with van der Waals surface area (Å²) in [5.74, 6) is 2.09. The predicted molar refractivity (Wildman–Crippen MR) is 78.4 cm³/mol. The Labute approximate surface area is 120 Å². The highest BCUT2D eigenvalue weighted by Crippen LogP contribution is 2.28. The summed E-state index contributed by atoms with van der Waals surface area (Å²) in [5.41, 5.74) is 7.31. The molecule has 0 amide bonds. The molecule has 2 N–H and O–H groups in total. The topological polar surface area (TPSA) is 78.3 Å². The number of hydrogen-bond donors (Lipinski definition) is 1. The summed E-state index contributed by atoms with van der Waals surface area (Å²) in [6.45, 7) is 1.97. The monoisotopic (exact) mass is 291 g/mol. The quantitative estimate of drug-likeness (QED) is 0.749. The van der Waals surface area contributed by atoms with Gasteiger partial charge in [0.1, 0.15) is 11.3 Å². The first kappa shape index (κ1) is 12.9. The van der Waals surface area contributed by atoms with Gasteiger partial charge in [-0.15, -0.1) is 16.7 Å². The number of fused-ring (bicyclic) bond motifs is 3. The van der Waals surface area contributed by atoms with Crippen molar-refractivity contribution in [2.45, 2.75) is 12.8 Å². The number of halogens is 1. The average molecular weight is 292 g/mol. The minimum atomic E-state index is 0.0524. The number of ether oxygens (including phenoxy) is 1. The van der Waals surface area contributed by atoms with E-state index >= 15 is 0 Å². The highest BCUT2D eigenvalue weighted by atomic mass is 35.5. The number of benzene rings is 1. The number of anilines is 1. The fourth-order valence-electron chi connectivity index (χ4n) is 2.08. The molecule has 0 fully saturated rings. The average Bonchev–Trinajstić information content (AvgIpc) is 2.92. The van der Waals surface area contributed by atoms with Gasteiger partial charge in [-0.2, -0.15) is 4.52 Å². The Kier molecular flexibility index (Phi) is 3.10. The summed E-state index contributed by atoms with van der Waals surface area (Å²) < 4.78 is 6.85. The zero-order valence-electron chi connectivity index (χ0n) is 11.2. The number of aromatic nitrogens is 4. The van der Waals surface area contributed by atoms with Crippen LogP contribution in [-0.4, -0.2) is 32.6 Å². The smallest absolute Gasteiger partial charge is 0.223 e. The normalized spacial score (nSPS) is 12.9. The molecule has 2 aromatic heterocycles. The summed E-state index contributed by atoms with van der Waals surface area (Å²) in [6, 6.07) is 5.64. The van der Waals surface area contributed by atoms with Gasteiger partial charge in [-0.25, -0.2) is 9.97 Å². The molecule has 2 heterocycles. The molecule has 0 saturated heterocycles. The minimum Gasteiger partial charge on any atom is -0.494 e. The van der Waals surface area contributed by atoms with E-state index < -0.39 is 0 Å². The molecule has 0 aliphatic rings. The third-order valence-corrected chi connectivity index (χ3v) is 3.66. The molecule has 0 saturated carbocycles. The minimum absolute atomic E-state index is 0.0524. The Morgan fingerprint density at radius 3 is 2.90 bits per heavy atom. The number of alkyl halides is 1.